The molecule has 3 saturated heterocycles. The second-order valence-electron chi connectivity index (χ2n) is 13.0. The van der Waals surface area contributed by atoms with E-state index in [1.165, 1.54) is 10.9 Å². The van der Waals surface area contributed by atoms with E-state index in [2.05, 4.69) is 36.1 Å². The summed E-state index contributed by atoms with van der Waals surface area (Å²) in [5.41, 5.74) is 4.46. The van der Waals surface area contributed by atoms with Crippen LogP contribution in [0.2, 0.25) is 0 Å². The van der Waals surface area contributed by atoms with Gasteiger partial charge in [0.1, 0.15) is 17.2 Å². The SMILES string of the molecule is COCOc1cc2c3c(cccc3c1)C(C)c1c-2ncc2c(N3CC4CCCC3CN4C(=O)OC(C)(C)C)nc(OC)nc12. The first kappa shape index (κ1) is 28.6. The van der Waals surface area contributed by atoms with Gasteiger partial charge in [-0.05, 0) is 68.5 Å². The Hall–Kier alpha value is -4.18. The lowest BCUT2D eigenvalue weighted by atomic mass is 9.79. The zero-order chi connectivity index (χ0) is 30.7. The lowest BCUT2D eigenvalue weighted by Gasteiger charge is -2.44. The summed E-state index contributed by atoms with van der Waals surface area (Å²) in [6.45, 7) is 9.36. The van der Waals surface area contributed by atoms with Crippen LogP contribution in [0.25, 0.3) is 32.9 Å². The topological polar surface area (TPSA) is 99.1 Å². The largest absolute Gasteiger partial charge is 0.468 e. The highest BCUT2D eigenvalue weighted by Crippen LogP contribution is 2.49. The highest BCUT2D eigenvalue weighted by atomic mass is 16.7. The van der Waals surface area contributed by atoms with Crippen LogP contribution in [0.4, 0.5) is 10.6 Å². The van der Waals surface area contributed by atoms with Crippen LogP contribution in [0.3, 0.4) is 0 Å². The second-order valence-corrected chi connectivity index (χ2v) is 13.0. The summed E-state index contributed by atoms with van der Waals surface area (Å²) in [6.07, 6.45) is 4.57. The molecule has 1 aliphatic carbocycles. The maximum Gasteiger partial charge on any atom is 0.410 e. The third kappa shape index (κ3) is 4.76. The Bertz CT molecular complexity index is 1770. The van der Waals surface area contributed by atoms with Gasteiger partial charge in [-0.3, -0.25) is 4.98 Å². The number of pyridine rings is 1. The van der Waals surface area contributed by atoms with Gasteiger partial charge < -0.3 is 28.7 Å². The molecule has 44 heavy (non-hydrogen) atoms. The minimum atomic E-state index is -0.542. The Morgan fingerprint density at radius 1 is 1.07 bits per heavy atom. The first-order chi connectivity index (χ1) is 21.2. The van der Waals surface area contributed by atoms with Crippen LogP contribution in [0.15, 0.2) is 36.5 Å². The molecule has 4 aromatic rings. The molecule has 2 bridgehead atoms. The van der Waals surface area contributed by atoms with Gasteiger partial charge in [-0.2, -0.15) is 9.97 Å². The molecule has 3 fully saturated rings. The summed E-state index contributed by atoms with van der Waals surface area (Å²) in [7, 11) is 3.22. The Morgan fingerprint density at radius 3 is 2.66 bits per heavy atom. The Kier molecular flexibility index (Phi) is 6.99. The number of fused-ring (bicyclic) bond motifs is 8. The summed E-state index contributed by atoms with van der Waals surface area (Å²) >= 11 is 0. The third-order valence-corrected chi connectivity index (χ3v) is 9.07. The average Bonchev–Trinajstić information content (AvgIpc) is 3.34. The molecule has 0 radical (unpaired) electrons. The van der Waals surface area contributed by atoms with E-state index < -0.39 is 5.60 Å². The predicted molar refractivity (Wildman–Crippen MR) is 169 cm³/mol. The van der Waals surface area contributed by atoms with Crippen LogP contribution >= 0.6 is 0 Å². The number of ether oxygens (including phenoxy) is 4. The number of benzene rings is 2. The van der Waals surface area contributed by atoms with Crippen molar-refractivity contribution in [3.8, 4) is 23.0 Å². The van der Waals surface area contributed by atoms with E-state index >= 15 is 0 Å². The van der Waals surface area contributed by atoms with E-state index in [1.807, 2.05) is 37.9 Å². The van der Waals surface area contributed by atoms with Crippen molar-refractivity contribution < 1.29 is 23.7 Å². The molecule has 5 heterocycles. The number of carbonyl (C=O) groups excluding carboxylic acids is 1. The van der Waals surface area contributed by atoms with Crippen molar-refractivity contribution in [3.05, 3.63) is 47.7 Å². The van der Waals surface area contributed by atoms with Crippen molar-refractivity contribution in [1.29, 1.82) is 0 Å². The first-order valence-electron chi connectivity index (χ1n) is 15.4. The van der Waals surface area contributed by atoms with E-state index in [0.717, 1.165) is 63.9 Å². The van der Waals surface area contributed by atoms with Crippen molar-refractivity contribution in [1.82, 2.24) is 19.9 Å². The van der Waals surface area contributed by atoms with E-state index in [1.54, 1.807) is 14.2 Å². The van der Waals surface area contributed by atoms with Crippen LogP contribution in [0.5, 0.6) is 11.8 Å². The van der Waals surface area contributed by atoms with Crippen LogP contribution in [-0.2, 0) is 9.47 Å². The number of piperazine rings is 1. The molecular formula is C34H39N5O5. The summed E-state index contributed by atoms with van der Waals surface area (Å²) in [5, 5.41) is 3.16. The zero-order valence-electron chi connectivity index (χ0n) is 26.2. The normalized spacial score (nSPS) is 20.9. The van der Waals surface area contributed by atoms with Gasteiger partial charge in [0.2, 0.25) is 0 Å². The van der Waals surface area contributed by atoms with Crippen LogP contribution in [0.1, 0.15) is 64.0 Å². The Labute approximate surface area is 257 Å². The monoisotopic (exact) mass is 597 g/mol. The van der Waals surface area contributed by atoms with E-state index in [0.29, 0.717) is 19.1 Å². The molecule has 4 aliphatic rings. The van der Waals surface area contributed by atoms with Crippen molar-refractivity contribution in [2.75, 3.05) is 39.0 Å². The molecular weight excluding hydrogens is 558 g/mol. The van der Waals surface area contributed by atoms with Crippen LogP contribution < -0.4 is 14.4 Å². The standard InChI is InChI=1S/C34H39N5O5/c1-19-24-12-7-9-20-13-23(43-18-41-5)14-25(28(20)24)29-27(19)30-26(15-35-29)31(37-32(36-30)42-6)38-16-22-11-8-10-21(38)17-39(22)33(40)44-34(2,3)4/h7,9,12-15,19,21-22H,8,10-11,16-18H2,1-6H3. The molecule has 0 N–H and O–H groups in total. The number of anilines is 1. The molecule has 10 heteroatoms. The van der Waals surface area contributed by atoms with Gasteiger partial charge in [-0.15, -0.1) is 0 Å². The van der Waals surface area contributed by atoms with Gasteiger partial charge in [-0.1, -0.05) is 25.1 Å². The predicted octanol–water partition coefficient (Wildman–Crippen LogP) is 6.28. The quantitative estimate of drug-likeness (QED) is 0.246. The number of rotatable bonds is 5. The number of methoxy groups -OCH3 is 2. The summed E-state index contributed by atoms with van der Waals surface area (Å²) < 4.78 is 22.6. The number of aromatic nitrogens is 3. The highest BCUT2D eigenvalue weighted by molar-refractivity contribution is 6.06. The fourth-order valence-electron chi connectivity index (χ4n) is 7.19. The lowest BCUT2D eigenvalue weighted by Crippen LogP contribution is -2.59. The molecule has 230 valence electrons. The molecule has 2 aromatic heterocycles. The highest BCUT2D eigenvalue weighted by Gasteiger charge is 2.42. The molecule has 0 spiro atoms. The summed E-state index contributed by atoms with van der Waals surface area (Å²) in [6, 6.07) is 10.9. The number of hydrogen-bond acceptors (Lipinski definition) is 9. The Balaban J connectivity index is 1.36. The van der Waals surface area contributed by atoms with Crippen molar-refractivity contribution in [2.24, 2.45) is 0 Å². The molecule has 1 amide bonds. The number of carbonyl (C=O) groups is 1. The van der Waals surface area contributed by atoms with E-state index in [-0.39, 0.29) is 30.9 Å². The van der Waals surface area contributed by atoms with Crippen molar-refractivity contribution in [2.45, 2.75) is 70.6 Å². The van der Waals surface area contributed by atoms with Gasteiger partial charge in [0.15, 0.2) is 6.79 Å². The Morgan fingerprint density at radius 2 is 1.89 bits per heavy atom. The van der Waals surface area contributed by atoms with Crippen LogP contribution in [-0.4, -0.2) is 77.7 Å². The number of nitrogens with zero attached hydrogens (tertiary/aromatic N) is 5. The van der Waals surface area contributed by atoms with Gasteiger partial charge in [-0.25, -0.2) is 4.79 Å². The summed E-state index contributed by atoms with van der Waals surface area (Å²) in [5.74, 6) is 1.57. The maximum absolute atomic E-state index is 13.2. The van der Waals surface area contributed by atoms with Crippen LogP contribution in [0, 0.1) is 0 Å². The molecule has 3 unspecified atom stereocenters. The van der Waals surface area contributed by atoms with E-state index in [4.69, 9.17) is 33.9 Å². The average molecular weight is 598 g/mol. The molecule has 2 aromatic carbocycles. The third-order valence-electron chi connectivity index (χ3n) is 9.07. The van der Waals surface area contributed by atoms with Gasteiger partial charge >= 0.3 is 12.1 Å². The van der Waals surface area contributed by atoms with Gasteiger partial charge in [0.05, 0.1) is 29.7 Å². The number of hydrogen-bond donors (Lipinski definition) is 0. The zero-order valence-corrected chi connectivity index (χ0v) is 26.2. The molecule has 8 rings (SSSR count). The second kappa shape index (κ2) is 10.8. The fourth-order valence-corrected chi connectivity index (χ4v) is 7.19. The molecule has 10 nitrogen and oxygen atoms in total. The minimum absolute atomic E-state index is 0.0270. The lowest BCUT2D eigenvalue weighted by molar-refractivity contribution is 0.0123. The fraction of sp³-hybridized carbons (Fsp3) is 0.471. The summed E-state index contributed by atoms with van der Waals surface area (Å²) in [4.78, 5) is 32.4. The minimum Gasteiger partial charge on any atom is -0.468 e. The number of amides is 1. The molecule has 3 atom stereocenters. The van der Waals surface area contributed by atoms with E-state index in [9.17, 15) is 4.79 Å². The van der Waals surface area contributed by atoms with Gasteiger partial charge in [0.25, 0.3) is 0 Å². The molecule has 3 aliphatic heterocycles. The first-order valence-corrected chi connectivity index (χ1v) is 15.4. The van der Waals surface area contributed by atoms with Crippen molar-refractivity contribution >= 4 is 33.6 Å². The molecule has 0 saturated carbocycles. The maximum atomic E-state index is 13.2. The van der Waals surface area contributed by atoms with Gasteiger partial charge in [0, 0.05) is 49.5 Å². The van der Waals surface area contributed by atoms with Crippen molar-refractivity contribution in [3.63, 3.8) is 0 Å². The smallest absolute Gasteiger partial charge is 0.410 e.